The smallest absolute Gasteiger partial charge is 0.276 e. The number of anilines is 1. The van der Waals surface area contributed by atoms with E-state index in [0.29, 0.717) is 10.7 Å². The van der Waals surface area contributed by atoms with E-state index in [-0.39, 0.29) is 5.02 Å². The summed E-state index contributed by atoms with van der Waals surface area (Å²) in [5, 5.41) is 11.2. The van der Waals surface area contributed by atoms with Crippen LogP contribution < -0.4 is 4.90 Å². The molecule has 1 radical (unpaired) electrons. The third-order valence-electron chi connectivity index (χ3n) is 1.54. The topological polar surface area (TPSA) is 40.2 Å². The van der Waals surface area contributed by atoms with Gasteiger partial charge in [0.15, 0.2) is 0 Å². The first-order valence-corrected chi connectivity index (χ1v) is 4.17. The summed E-state index contributed by atoms with van der Waals surface area (Å²) >= 11 is 11.4. The van der Waals surface area contributed by atoms with Crippen LogP contribution in [0.3, 0.4) is 0 Å². The molecule has 0 spiro atoms. The van der Waals surface area contributed by atoms with Crippen LogP contribution in [0, 0.1) is 0 Å². The molecule has 0 N–H and O–H groups in total. The van der Waals surface area contributed by atoms with Crippen molar-refractivity contribution < 1.29 is 9.90 Å². The molecule has 69 valence electrons. The fourth-order valence-electron chi connectivity index (χ4n) is 0.852. The Morgan fingerprint density at radius 2 is 2.00 bits per heavy atom. The van der Waals surface area contributed by atoms with Crippen LogP contribution in [-0.2, 0) is 5.11 Å². The van der Waals surface area contributed by atoms with Gasteiger partial charge in [0.2, 0.25) is 0 Å². The summed E-state index contributed by atoms with van der Waals surface area (Å²) in [6.45, 7) is 0. The molecule has 0 saturated carbocycles. The summed E-state index contributed by atoms with van der Waals surface area (Å²) in [4.78, 5) is 11.4. The standard InChI is InChI=1S/C8H6Cl2NO2/c1-11(8(12)13)7-3-2-5(9)4-6(7)10/h2-4H,1H3. The zero-order chi connectivity index (χ0) is 10.0. The fourth-order valence-corrected chi connectivity index (χ4v) is 1.39. The van der Waals surface area contributed by atoms with E-state index in [0.717, 1.165) is 4.90 Å². The van der Waals surface area contributed by atoms with Gasteiger partial charge in [-0.25, -0.2) is 9.90 Å². The Bertz CT molecular complexity index is 341. The molecule has 3 nitrogen and oxygen atoms in total. The van der Waals surface area contributed by atoms with E-state index >= 15 is 0 Å². The Kier molecular flexibility index (Phi) is 3.01. The maximum Gasteiger partial charge on any atom is 0.457 e. The van der Waals surface area contributed by atoms with E-state index in [1.54, 1.807) is 6.07 Å². The van der Waals surface area contributed by atoms with Gasteiger partial charge in [0.25, 0.3) is 0 Å². The number of benzene rings is 1. The van der Waals surface area contributed by atoms with Crippen molar-refractivity contribution in [3.8, 4) is 0 Å². The van der Waals surface area contributed by atoms with Crippen LogP contribution in [0.5, 0.6) is 0 Å². The normalized spacial score (nSPS) is 9.77. The first-order chi connectivity index (χ1) is 6.02. The lowest BCUT2D eigenvalue weighted by atomic mass is 10.3. The average Bonchev–Trinajstić information content (AvgIpc) is 2.03. The highest BCUT2D eigenvalue weighted by atomic mass is 35.5. The molecule has 0 fully saturated rings. The number of carbonyl (C=O) groups excluding carboxylic acids is 1. The SMILES string of the molecule is CN(C([O])=O)c1ccc(Cl)cc1Cl. The predicted octanol–water partition coefficient (Wildman–Crippen LogP) is 2.98. The first-order valence-electron chi connectivity index (χ1n) is 3.42. The van der Waals surface area contributed by atoms with E-state index in [1.165, 1.54) is 19.2 Å². The van der Waals surface area contributed by atoms with Gasteiger partial charge in [-0.15, -0.1) is 0 Å². The lowest BCUT2D eigenvalue weighted by Gasteiger charge is -2.12. The van der Waals surface area contributed by atoms with Gasteiger partial charge in [0.05, 0.1) is 10.7 Å². The summed E-state index contributed by atoms with van der Waals surface area (Å²) in [5.41, 5.74) is 0.353. The number of hydrogen-bond donors (Lipinski definition) is 0. The summed E-state index contributed by atoms with van der Waals surface area (Å²) in [6.07, 6.45) is -1.32. The molecule has 0 aliphatic carbocycles. The third kappa shape index (κ3) is 2.26. The Morgan fingerprint density at radius 1 is 1.38 bits per heavy atom. The van der Waals surface area contributed by atoms with Gasteiger partial charge >= 0.3 is 6.09 Å². The van der Waals surface area contributed by atoms with Crippen LogP contribution in [0.4, 0.5) is 10.5 Å². The number of amides is 1. The Balaban J connectivity index is 3.08. The first kappa shape index (κ1) is 10.2. The van der Waals surface area contributed by atoms with Gasteiger partial charge in [0, 0.05) is 12.1 Å². The second-order valence-corrected chi connectivity index (χ2v) is 3.26. The van der Waals surface area contributed by atoms with Crippen LogP contribution in [0.15, 0.2) is 18.2 Å². The summed E-state index contributed by atoms with van der Waals surface area (Å²) < 4.78 is 0. The quantitative estimate of drug-likeness (QED) is 0.715. The summed E-state index contributed by atoms with van der Waals surface area (Å²) in [7, 11) is 1.35. The van der Waals surface area contributed by atoms with E-state index < -0.39 is 6.09 Å². The molecule has 0 atom stereocenters. The van der Waals surface area contributed by atoms with E-state index in [1.807, 2.05) is 0 Å². The summed E-state index contributed by atoms with van der Waals surface area (Å²) in [6, 6.07) is 4.54. The number of halogens is 2. The molecule has 0 aliphatic rings. The largest absolute Gasteiger partial charge is 0.457 e. The average molecular weight is 219 g/mol. The van der Waals surface area contributed by atoms with Crippen molar-refractivity contribution in [2.75, 3.05) is 11.9 Å². The molecule has 5 heteroatoms. The lowest BCUT2D eigenvalue weighted by molar-refractivity contribution is 0.178. The molecule has 1 amide bonds. The maximum absolute atomic E-state index is 10.5. The second kappa shape index (κ2) is 3.85. The van der Waals surface area contributed by atoms with E-state index in [4.69, 9.17) is 23.2 Å². The number of hydrogen-bond acceptors (Lipinski definition) is 1. The molecule has 0 saturated heterocycles. The minimum Gasteiger partial charge on any atom is -0.276 e. The van der Waals surface area contributed by atoms with E-state index in [9.17, 15) is 9.90 Å². The number of rotatable bonds is 1. The van der Waals surface area contributed by atoms with Crippen LogP contribution in [0.1, 0.15) is 0 Å². The van der Waals surface area contributed by atoms with Crippen LogP contribution >= 0.6 is 23.2 Å². The monoisotopic (exact) mass is 218 g/mol. The highest BCUT2D eigenvalue weighted by Crippen LogP contribution is 2.27. The van der Waals surface area contributed by atoms with Gasteiger partial charge in [-0.05, 0) is 18.2 Å². The molecule has 1 rings (SSSR count). The van der Waals surface area contributed by atoms with Crippen LogP contribution in [-0.4, -0.2) is 13.1 Å². The highest BCUT2D eigenvalue weighted by Gasteiger charge is 2.13. The lowest BCUT2D eigenvalue weighted by Crippen LogP contribution is -2.22. The van der Waals surface area contributed by atoms with Crippen molar-refractivity contribution in [1.82, 2.24) is 0 Å². The number of nitrogens with zero attached hydrogens (tertiary/aromatic N) is 1. The van der Waals surface area contributed by atoms with Crippen molar-refractivity contribution >= 4 is 35.0 Å². The minimum absolute atomic E-state index is 0.277. The minimum atomic E-state index is -1.32. The highest BCUT2D eigenvalue weighted by molar-refractivity contribution is 6.36. The van der Waals surface area contributed by atoms with Crippen molar-refractivity contribution in [1.29, 1.82) is 0 Å². The van der Waals surface area contributed by atoms with Crippen LogP contribution in [0.25, 0.3) is 0 Å². The van der Waals surface area contributed by atoms with Gasteiger partial charge in [-0.3, -0.25) is 4.90 Å². The van der Waals surface area contributed by atoms with Crippen molar-refractivity contribution in [3.05, 3.63) is 28.2 Å². The van der Waals surface area contributed by atoms with Crippen LogP contribution in [0.2, 0.25) is 10.0 Å². The molecule has 1 aromatic rings. The molecule has 0 aromatic heterocycles. The second-order valence-electron chi connectivity index (χ2n) is 2.42. The zero-order valence-electron chi connectivity index (χ0n) is 6.75. The van der Waals surface area contributed by atoms with Gasteiger partial charge in [-0.1, -0.05) is 23.2 Å². The van der Waals surface area contributed by atoms with Gasteiger partial charge in [-0.2, -0.15) is 0 Å². The fraction of sp³-hybridized carbons (Fsp3) is 0.125. The Hall–Kier alpha value is -0.930. The van der Waals surface area contributed by atoms with Crippen molar-refractivity contribution in [2.24, 2.45) is 0 Å². The van der Waals surface area contributed by atoms with Gasteiger partial charge in [0.1, 0.15) is 0 Å². The Labute approximate surface area is 85.5 Å². The third-order valence-corrected chi connectivity index (χ3v) is 2.08. The molecule has 0 heterocycles. The number of carbonyl (C=O) groups is 1. The molecule has 0 bridgehead atoms. The Morgan fingerprint density at radius 3 is 2.46 bits per heavy atom. The molecule has 1 aromatic carbocycles. The molecule has 0 aliphatic heterocycles. The summed E-state index contributed by atoms with van der Waals surface area (Å²) in [5.74, 6) is 0. The predicted molar refractivity (Wildman–Crippen MR) is 50.9 cm³/mol. The molecular weight excluding hydrogens is 213 g/mol. The molecular formula is C8H6Cl2NO2. The zero-order valence-corrected chi connectivity index (χ0v) is 8.26. The molecule has 13 heavy (non-hydrogen) atoms. The van der Waals surface area contributed by atoms with Crippen molar-refractivity contribution in [2.45, 2.75) is 0 Å². The van der Waals surface area contributed by atoms with Crippen molar-refractivity contribution in [3.63, 3.8) is 0 Å². The molecule has 0 unspecified atom stereocenters. The maximum atomic E-state index is 10.5. The van der Waals surface area contributed by atoms with Gasteiger partial charge < -0.3 is 0 Å². The van der Waals surface area contributed by atoms with E-state index in [2.05, 4.69) is 0 Å².